The Morgan fingerprint density at radius 1 is 1.29 bits per heavy atom. The van der Waals surface area contributed by atoms with E-state index in [0.29, 0.717) is 6.04 Å². The van der Waals surface area contributed by atoms with Crippen molar-refractivity contribution in [2.75, 3.05) is 0 Å². The molecule has 1 aliphatic rings. The second kappa shape index (κ2) is 5.71. The molecule has 1 fully saturated rings. The molecule has 1 amide bonds. The highest BCUT2D eigenvalue weighted by Gasteiger charge is 2.21. The highest BCUT2D eigenvalue weighted by molar-refractivity contribution is 5.81. The van der Waals surface area contributed by atoms with Gasteiger partial charge < -0.3 is 10.1 Å². The summed E-state index contributed by atoms with van der Waals surface area (Å²) in [6, 6.07) is 9.80. The van der Waals surface area contributed by atoms with Gasteiger partial charge in [0.1, 0.15) is 5.75 Å². The summed E-state index contributed by atoms with van der Waals surface area (Å²) < 4.78 is 5.57. The number of carbonyl (C=O) groups is 1. The van der Waals surface area contributed by atoms with Crippen molar-refractivity contribution in [2.24, 2.45) is 0 Å². The smallest absolute Gasteiger partial charge is 0.260 e. The molecule has 17 heavy (non-hydrogen) atoms. The van der Waals surface area contributed by atoms with E-state index in [9.17, 15) is 4.79 Å². The first-order valence-electron chi connectivity index (χ1n) is 6.28. The highest BCUT2D eigenvalue weighted by Crippen LogP contribution is 2.18. The van der Waals surface area contributed by atoms with Crippen LogP contribution < -0.4 is 10.1 Å². The molecule has 0 aromatic heterocycles. The Hall–Kier alpha value is -1.51. The average molecular weight is 233 g/mol. The van der Waals surface area contributed by atoms with Gasteiger partial charge in [-0.1, -0.05) is 31.0 Å². The molecule has 1 saturated carbocycles. The van der Waals surface area contributed by atoms with Crippen molar-refractivity contribution in [1.82, 2.24) is 5.32 Å². The fraction of sp³-hybridized carbons (Fsp3) is 0.500. The van der Waals surface area contributed by atoms with Crippen LogP contribution in [0.25, 0.3) is 0 Å². The van der Waals surface area contributed by atoms with Crippen molar-refractivity contribution in [2.45, 2.75) is 44.8 Å². The number of amides is 1. The Labute approximate surface area is 102 Å². The van der Waals surface area contributed by atoms with Gasteiger partial charge in [-0.3, -0.25) is 4.79 Å². The summed E-state index contributed by atoms with van der Waals surface area (Å²) in [5, 5.41) is 3.03. The molecule has 3 heteroatoms. The summed E-state index contributed by atoms with van der Waals surface area (Å²) in [7, 11) is 0. The van der Waals surface area contributed by atoms with E-state index in [4.69, 9.17) is 4.74 Å². The lowest BCUT2D eigenvalue weighted by Crippen LogP contribution is -2.41. The van der Waals surface area contributed by atoms with Crippen molar-refractivity contribution in [3.05, 3.63) is 30.3 Å². The SMILES string of the molecule is C[C@@H](Oc1ccccc1)C(=O)NC1CCCC1. The van der Waals surface area contributed by atoms with Crippen LogP contribution in [0, 0.1) is 0 Å². The maximum absolute atomic E-state index is 11.9. The summed E-state index contributed by atoms with van der Waals surface area (Å²) in [4.78, 5) is 11.9. The first-order valence-corrected chi connectivity index (χ1v) is 6.28. The molecule has 1 aliphatic carbocycles. The van der Waals surface area contributed by atoms with Crippen molar-refractivity contribution < 1.29 is 9.53 Å². The normalized spacial score (nSPS) is 17.7. The van der Waals surface area contributed by atoms with E-state index in [2.05, 4.69) is 5.32 Å². The van der Waals surface area contributed by atoms with Crippen molar-refractivity contribution in [3.63, 3.8) is 0 Å². The topological polar surface area (TPSA) is 38.3 Å². The molecule has 0 aliphatic heterocycles. The van der Waals surface area contributed by atoms with Crippen LogP contribution in [0.5, 0.6) is 5.75 Å². The highest BCUT2D eigenvalue weighted by atomic mass is 16.5. The minimum absolute atomic E-state index is 0.0132. The Morgan fingerprint density at radius 2 is 1.94 bits per heavy atom. The van der Waals surface area contributed by atoms with E-state index >= 15 is 0 Å². The van der Waals surface area contributed by atoms with Crippen LogP contribution in [0.4, 0.5) is 0 Å². The minimum atomic E-state index is -0.432. The number of benzene rings is 1. The summed E-state index contributed by atoms with van der Waals surface area (Å²) >= 11 is 0. The lowest BCUT2D eigenvalue weighted by atomic mass is 10.2. The standard InChI is InChI=1S/C14H19NO2/c1-11(17-13-9-3-2-4-10-13)14(16)15-12-7-5-6-8-12/h2-4,9-12H,5-8H2,1H3,(H,15,16)/t11-/m1/s1. The van der Waals surface area contributed by atoms with E-state index in [0.717, 1.165) is 18.6 Å². The molecule has 3 nitrogen and oxygen atoms in total. The number of ether oxygens (including phenoxy) is 1. The lowest BCUT2D eigenvalue weighted by Gasteiger charge is -2.17. The fourth-order valence-electron chi connectivity index (χ4n) is 2.15. The molecule has 1 atom stereocenters. The molecule has 0 saturated heterocycles. The number of rotatable bonds is 4. The van der Waals surface area contributed by atoms with Gasteiger partial charge in [0.25, 0.3) is 5.91 Å². The zero-order valence-corrected chi connectivity index (χ0v) is 10.2. The van der Waals surface area contributed by atoms with Crippen molar-refractivity contribution >= 4 is 5.91 Å². The molecule has 1 aromatic rings. The number of hydrogen-bond acceptors (Lipinski definition) is 2. The minimum Gasteiger partial charge on any atom is -0.481 e. The van der Waals surface area contributed by atoms with Gasteiger partial charge in [-0.2, -0.15) is 0 Å². The van der Waals surface area contributed by atoms with Crippen LogP contribution >= 0.6 is 0 Å². The molecule has 2 rings (SSSR count). The molecule has 0 radical (unpaired) electrons. The molecule has 1 aromatic carbocycles. The molecule has 0 unspecified atom stereocenters. The van der Waals surface area contributed by atoms with Crippen LogP contribution in [0.15, 0.2) is 30.3 Å². The van der Waals surface area contributed by atoms with Crippen LogP contribution in [0.3, 0.4) is 0 Å². The van der Waals surface area contributed by atoms with E-state index < -0.39 is 6.10 Å². The van der Waals surface area contributed by atoms with Crippen LogP contribution in [0.2, 0.25) is 0 Å². The number of nitrogens with one attached hydrogen (secondary N) is 1. The predicted molar refractivity (Wildman–Crippen MR) is 66.9 cm³/mol. The monoisotopic (exact) mass is 233 g/mol. The Balaban J connectivity index is 1.82. The Bertz CT molecular complexity index is 358. The maximum Gasteiger partial charge on any atom is 0.260 e. The molecule has 92 valence electrons. The van der Waals surface area contributed by atoms with E-state index in [-0.39, 0.29) is 5.91 Å². The molecular weight excluding hydrogens is 214 g/mol. The van der Waals surface area contributed by atoms with Crippen LogP contribution in [0.1, 0.15) is 32.6 Å². The van der Waals surface area contributed by atoms with Gasteiger partial charge in [-0.05, 0) is 31.9 Å². The third kappa shape index (κ3) is 3.48. The van der Waals surface area contributed by atoms with Crippen LogP contribution in [-0.2, 0) is 4.79 Å². The van der Waals surface area contributed by atoms with Crippen molar-refractivity contribution in [1.29, 1.82) is 0 Å². The van der Waals surface area contributed by atoms with Crippen molar-refractivity contribution in [3.8, 4) is 5.75 Å². The van der Waals surface area contributed by atoms with Gasteiger partial charge in [0.2, 0.25) is 0 Å². The summed E-state index contributed by atoms with van der Waals surface area (Å²) in [6.07, 6.45) is 4.21. The van der Waals surface area contributed by atoms with E-state index in [1.165, 1.54) is 12.8 Å². The zero-order valence-electron chi connectivity index (χ0n) is 10.2. The predicted octanol–water partition coefficient (Wildman–Crippen LogP) is 2.51. The Morgan fingerprint density at radius 3 is 2.59 bits per heavy atom. The summed E-state index contributed by atoms with van der Waals surface area (Å²) in [6.45, 7) is 1.79. The number of carbonyl (C=O) groups excluding carboxylic acids is 1. The van der Waals surface area contributed by atoms with Gasteiger partial charge in [0.05, 0.1) is 0 Å². The Kier molecular flexibility index (Phi) is 4.02. The quantitative estimate of drug-likeness (QED) is 0.867. The number of hydrogen-bond donors (Lipinski definition) is 1. The largest absolute Gasteiger partial charge is 0.481 e. The lowest BCUT2D eigenvalue weighted by molar-refractivity contribution is -0.127. The zero-order chi connectivity index (χ0) is 12.1. The van der Waals surface area contributed by atoms with E-state index in [1.54, 1.807) is 6.92 Å². The molecule has 0 bridgehead atoms. The number of para-hydroxylation sites is 1. The van der Waals surface area contributed by atoms with Gasteiger partial charge in [0, 0.05) is 6.04 Å². The third-order valence-electron chi connectivity index (χ3n) is 3.13. The molecule has 0 spiro atoms. The molecular formula is C14H19NO2. The first-order chi connectivity index (χ1) is 8.25. The van der Waals surface area contributed by atoms with Gasteiger partial charge >= 0.3 is 0 Å². The average Bonchev–Trinajstić information content (AvgIpc) is 2.83. The first kappa shape index (κ1) is 12.0. The van der Waals surface area contributed by atoms with Gasteiger partial charge in [-0.25, -0.2) is 0 Å². The molecule has 0 heterocycles. The van der Waals surface area contributed by atoms with Crippen LogP contribution in [-0.4, -0.2) is 18.1 Å². The second-order valence-electron chi connectivity index (χ2n) is 4.56. The van der Waals surface area contributed by atoms with Gasteiger partial charge in [0.15, 0.2) is 6.10 Å². The summed E-state index contributed by atoms with van der Waals surface area (Å²) in [5.74, 6) is 0.724. The van der Waals surface area contributed by atoms with Gasteiger partial charge in [-0.15, -0.1) is 0 Å². The van der Waals surface area contributed by atoms with E-state index in [1.807, 2.05) is 30.3 Å². The second-order valence-corrected chi connectivity index (χ2v) is 4.56. The molecule has 1 N–H and O–H groups in total. The summed E-state index contributed by atoms with van der Waals surface area (Å²) in [5.41, 5.74) is 0. The third-order valence-corrected chi connectivity index (χ3v) is 3.13. The maximum atomic E-state index is 11.9. The fourth-order valence-corrected chi connectivity index (χ4v) is 2.15.